The molecule has 0 radical (unpaired) electrons. The summed E-state index contributed by atoms with van der Waals surface area (Å²) in [5.41, 5.74) is 5.53. The molecular formula is C11H19N3O2. The van der Waals surface area contributed by atoms with Crippen molar-refractivity contribution in [2.75, 3.05) is 7.11 Å². The number of hydrogen-bond donors (Lipinski definition) is 1. The molecule has 1 unspecified atom stereocenters. The maximum Gasteiger partial charge on any atom is 0.204 e. The molecule has 90 valence electrons. The van der Waals surface area contributed by atoms with Gasteiger partial charge in [0.2, 0.25) is 5.78 Å². The van der Waals surface area contributed by atoms with Crippen molar-refractivity contribution in [3.63, 3.8) is 0 Å². The van der Waals surface area contributed by atoms with Crippen LogP contribution in [0.1, 0.15) is 37.7 Å². The van der Waals surface area contributed by atoms with Crippen LogP contribution in [0.3, 0.4) is 0 Å². The smallest absolute Gasteiger partial charge is 0.204 e. The largest absolute Gasteiger partial charge is 0.493 e. The van der Waals surface area contributed by atoms with Gasteiger partial charge in [0.15, 0.2) is 5.75 Å². The summed E-state index contributed by atoms with van der Waals surface area (Å²) in [6, 6.07) is 0. The molecule has 1 atom stereocenters. The molecule has 16 heavy (non-hydrogen) atoms. The Morgan fingerprint density at radius 1 is 1.62 bits per heavy atom. The first-order valence-corrected chi connectivity index (χ1v) is 5.41. The number of nitrogens with two attached hydrogens (primary N) is 1. The zero-order valence-corrected chi connectivity index (χ0v) is 10.3. The summed E-state index contributed by atoms with van der Waals surface area (Å²) < 4.78 is 6.74. The minimum Gasteiger partial charge on any atom is -0.493 e. The maximum absolute atomic E-state index is 12.3. The topological polar surface area (TPSA) is 70.1 Å². The van der Waals surface area contributed by atoms with Crippen LogP contribution < -0.4 is 10.5 Å². The molecule has 1 rings (SSSR count). The number of Topliss-reactive ketones (excluding diaryl/α,β-unsaturated/α-hetero) is 1. The molecule has 1 heterocycles. The molecule has 0 aliphatic heterocycles. The second kappa shape index (κ2) is 4.65. The fourth-order valence-corrected chi connectivity index (χ4v) is 1.42. The van der Waals surface area contributed by atoms with E-state index in [-0.39, 0.29) is 5.78 Å². The van der Waals surface area contributed by atoms with Crippen LogP contribution >= 0.6 is 0 Å². The van der Waals surface area contributed by atoms with Gasteiger partial charge in [0, 0.05) is 6.54 Å². The fourth-order valence-electron chi connectivity index (χ4n) is 1.42. The van der Waals surface area contributed by atoms with E-state index in [0.29, 0.717) is 24.4 Å². The number of carbonyl (C=O) groups is 1. The maximum atomic E-state index is 12.3. The first-order valence-electron chi connectivity index (χ1n) is 5.41. The number of rotatable bonds is 5. The highest BCUT2D eigenvalue weighted by Crippen LogP contribution is 2.23. The molecule has 0 saturated carbocycles. The van der Waals surface area contributed by atoms with Crippen molar-refractivity contribution < 1.29 is 9.53 Å². The van der Waals surface area contributed by atoms with Crippen molar-refractivity contribution in [1.82, 2.24) is 9.78 Å². The van der Waals surface area contributed by atoms with Gasteiger partial charge in [-0.05, 0) is 20.3 Å². The zero-order chi connectivity index (χ0) is 12.3. The summed E-state index contributed by atoms with van der Waals surface area (Å²) in [6.45, 7) is 6.14. The highest BCUT2D eigenvalue weighted by molar-refractivity contribution is 6.03. The van der Waals surface area contributed by atoms with Crippen LogP contribution in [0.2, 0.25) is 0 Å². The van der Waals surface area contributed by atoms with Gasteiger partial charge in [0.05, 0.1) is 18.8 Å². The van der Waals surface area contributed by atoms with E-state index in [4.69, 9.17) is 10.5 Å². The van der Waals surface area contributed by atoms with Gasteiger partial charge >= 0.3 is 0 Å². The minimum atomic E-state index is -0.875. The quantitative estimate of drug-likeness (QED) is 0.765. The molecule has 5 nitrogen and oxygen atoms in total. The van der Waals surface area contributed by atoms with Crippen LogP contribution in [-0.2, 0) is 6.54 Å². The van der Waals surface area contributed by atoms with Crippen LogP contribution in [0.15, 0.2) is 6.20 Å². The van der Waals surface area contributed by atoms with Crippen LogP contribution in [-0.4, -0.2) is 28.2 Å². The van der Waals surface area contributed by atoms with Crippen molar-refractivity contribution in [2.45, 2.75) is 39.3 Å². The Kier molecular flexibility index (Phi) is 3.70. The van der Waals surface area contributed by atoms with Crippen LogP contribution in [0.25, 0.3) is 0 Å². The number of methoxy groups -OCH3 is 1. The van der Waals surface area contributed by atoms with E-state index in [1.807, 2.05) is 13.8 Å². The van der Waals surface area contributed by atoms with Crippen LogP contribution in [0, 0.1) is 0 Å². The molecule has 0 bridgehead atoms. The molecule has 1 aromatic heterocycles. The SMILES string of the molecule is CCn1ncc(OC)c1C(=O)C(C)(N)CC. The summed E-state index contributed by atoms with van der Waals surface area (Å²) in [5, 5.41) is 4.09. The average molecular weight is 225 g/mol. The Bertz CT molecular complexity index is 361. The average Bonchev–Trinajstić information content (AvgIpc) is 2.70. The van der Waals surface area contributed by atoms with Gasteiger partial charge in [-0.2, -0.15) is 5.10 Å². The summed E-state index contributed by atoms with van der Waals surface area (Å²) in [7, 11) is 1.52. The highest BCUT2D eigenvalue weighted by atomic mass is 16.5. The second-order valence-electron chi connectivity index (χ2n) is 3.98. The van der Waals surface area contributed by atoms with Crippen molar-refractivity contribution in [1.29, 1.82) is 0 Å². The van der Waals surface area contributed by atoms with Crippen LogP contribution in [0.4, 0.5) is 0 Å². The van der Waals surface area contributed by atoms with Gasteiger partial charge in [-0.15, -0.1) is 0 Å². The first-order chi connectivity index (χ1) is 7.47. The van der Waals surface area contributed by atoms with Gasteiger partial charge in [-0.3, -0.25) is 9.48 Å². The third-order valence-electron chi connectivity index (χ3n) is 2.79. The lowest BCUT2D eigenvalue weighted by molar-refractivity contribution is 0.0883. The van der Waals surface area contributed by atoms with E-state index in [9.17, 15) is 4.79 Å². The van der Waals surface area contributed by atoms with Gasteiger partial charge in [0.25, 0.3) is 0 Å². The summed E-state index contributed by atoms with van der Waals surface area (Å²) in [4.78, 5) is 12.3. The number of ketones is 1. The molecule has 0 spiro atoms. The third kappa shape index (κ3) is 2.09. The lowest BCUT2D eigenvalue weighted by Gasteiger charge is -2.21. The molecular weight excluding hydrogens is 206 g/mol. The van der Waals surface area contributed by atoms with Crippen molar-refractivity contribution in [3.8, 4) is 5.75 Å². The van der Waals surface area contributed by atoms with E-state index in [2.05, 4.69) is 5.10 Å². The van der Waals surface area contributed by atoms with Crippen molar-refractivity contribution >= 4 is 5.78 Å². The molecule has 0 saturated heterocycles. The molecule has 5 heteroatoms. The normalized spacial score (nSPS) is 14.6. The Balaban J connectivity index is 3.20. The van der Waals surface area contributed by atoms with E-state index in [1.54, 1.807) is 17.8 Å². The predicted octanol–water partition coefficient (Wildman–Crippen LogP) is 1.22. The number of aryl methyl sites for hydroxylation is 1. The Labute approximate surface area is 95.6 Å². The molecule has 0 amide bonds. The van der Waals surface area contributed by atoms with Gasteiger partial charge in [-0.25, -0.2) is 0 Å². The standard InChI is InChI=1S/C11H19N3O2/c1-5-11(3,12)10(15)9-8(16-4)7-13-14(9)6-2/h7H,5-6,12H2,1-4H3. The number of ether oxygens (including phenoxy) is 1. The van der Waals surface area contributed by atoms with Gasteiger partial charge < -0.3 is 10.5 Å². The third-order valence-corrected chi connectivity index (χ3v) is 2.79. The van der Waals surface area contributed by atoms with Crippen molar-refractivity contribution in [2.24, 2.45) is 5.73 Å². The highest BCUT2D eigenvalue weighted by Gasteiger charge is 2.32. The van der Waals surface area contributed by atoms with E-state index >= 15 is 0 Å². The Morgan fingerprint density at radius 2 is 2.25 bits per heavy atom. The van der Waals surface area contributed by atoms with E-state index in [0.717, 1.165) is 0 Å². The summed E-state index contributed by atoms with van der Waals surface area (Å²) >= 11 is 0. The number of carbonyl (C=O) groups excluding carboxylic acids is 1. The minimum absolute atomic E-state index is 0.133. The summed E-state index contributed by atoms with van der Waals surface area (Å²) in [6.07, 6.45) is 2.12. The van der Waals surface area contributed by atoms with Gasteiger partial charge in [-0.1, -0.05) is 6.92 Å². The fraction of sp³-hybridized carbons (Fsp3) is 0.636. The van der Waals surface area contributed by atoms with Crippen LogP contribution in [0.5, 0.6) is 5.75 Å². The Hall–Kier alpha value is -1.36. The summed E-state index contributed by atoms with van der Waals surface area (Å²) in [5.74, 6) is 0.350. The molecule has 0 aliphatic carbocycles. The van der Waals surface area contributed by atoms with E-state index in [1.165, 1.54) is 7.11 Å². The molecule has 1 aromatic rings. The number of nitrogens with zero attached hydrogens (tertiary/aromatic N) is 2. The van der Waals surface area contributed by atoms with Crippen molar-refractivity contribution in [3.05, 3.63) is 11.9 Å². The Morgan fingerprint density at radius 3 is 2.69 bits per heavy atom. The zero-order valence-electron chi connectivity index (χ0n) is 10.3. The predicted molar refractivity (Wildman–Crippen MR) is 61.7 cm³/mol. The molecule has 0 aliphatic rings. The number of aromatic nitrogens is 2. The monoisotopic (exact) mass is 225 g/mol. The van der Waals surface area contributed by atoms with E-state index < -0.39 is 5.54 Å². The second-order valence-corrected chi connectivity index (χ2v) is 3.98. The number of hydrogen-bond acceptors (Lipinski definition) is 4. The van der Waals surface area contributed by atoms with Gasteiger partial charge in [0.1, 0.15) is 5.69 Å². The lowest BCUT2D eigenvalue weighted by atomic mass is 9.92. The molecule has 0 aromatic carbocycles. The first kappa shape index (κ1) is 12.7. The molecule has 0 fully saturated rings. The lowest BCUT2D eigenvalue weighted by Crippen LogP contribution is -2.45. The molecule has 2 N–H and O–H groups in total.